The zero-order chi connectivity index (χ0) is 16.4. The van der Waals surface area contributed by atoms with Crippen LogP contribution in [0.5, 0.6) is 0 Å². The number of amides is 1. The molecule has 0 aromatic heterocycles. The molecule has 1 aromatic carbocycles. The normalized spacial score (nSPS) is 18.1. The molecule has 1 aliphatic rings. The molecule has 22 heavy (non-hydrogen) atoms. The van der Waals surface area contributed by atoms with Crippen LogP contribution in [0, 0.1) is 10.1 Å². The van der Waals surface area contributed by atoms with E-state index in [2.05, 4.69) is 4.99 Å². The monoisotopic (exact) mass is 361 g/mol. The summed E-state index contributed by atoms with van der Waals surface area (Å²) in [4.78, 5) is 28.1. The van der Waals surface area contributed by atoms with Crippen molar-refractivity contribution in [2.75, 3.05) is 5.75 Å². The topological polar surface area (TPSA) is 75.8 Å². The summed E-state index contributed by atoms with van der Waals surface area (Å²) in [6.45, 7) is 3.91. The molecule has 1 heterocycles. The van der Waals surface area contributed by atoms with Crippen LogP contribution in [0.4, 0.5) is 11.4 Å². The Morgan fingerprint density at radius 2 is 2.05 bits per heavy atom. The van der Waals surface area contributed by atoms with E-state index in [0.717, 1.165) is 6.42 Å². The molecule has 118 valence electrons. The van der Waals surface area contributed by atoms with Crippen LogP contribution in [0.15, 0.2) is 17.1 Å². The first-order valence-corrected chi connectivity index (χ1v) is 8.26. The predicted molar refractivity (Wildman–Crippen MR) is 89.3 cm³/mol. The second kappa shape index (κ2) is 6.85. The molecule has 0 radical (unpaired) electrons. The van der Waals surface area contributed by atoms with E-state index in [1.807, 2.05) is 13.8 Å². The largest absolute Gasteiger partial charge is 0.288 e. The number of non-ortho nitro benzene ring substituents is 1. The zero-order valence-electron chi connectivity index (χ0n) is 11.9. The number of nitrogens with zero attached hydrogens (tertiary/aromatic N) is 3. The van der Waals surface area contributed by atoms with Crippen molar-refractivity contribution in [2.45, 2.75) is 26.3 Å². The highest BCUT2D eigenvalue weighted by Gasteiger charge is 2.32. The lowest BCUT2D eigenvalue weighted by atomic mass is 10.2. The minimum Gasteiger partial charge on any atom is -0.288 e. The summed E-state index contributed by atoms with van der Waals surface area (Å²) in [5.74, 6) is 0.290. The molecule has 0 N–H and O–H groups in total. The van der Waals surface area contributed by atoms with E-state index in [1.54, 1.807) is 4.90 Å². The number of rotatable bonds is 4. The van der Waals surface area contributed by atoms with Crippen molar-refractivity contribution in [1.29, 1.82) is 0 Å². The molecule has 0 bridgehead atoms. The third-order valence-electron chi connectivity index (χ3n) is 3.25. The third-order valence-corrected chi connectivity index (χ3v) is 4.76. The Morgan fingerprint density at radius 3 is 2.55 bits per heavy atom. The van der Waals surface area contributed by atoms with Crippen LogP contribution in [0.2, 0.25) is 10.0 Å². The number of carbonyl (C=O) groups excluding carboxylic acids is 1. The Hall–Kier alpha value is -1.31. The highest BCUT2D eigenvalue weighted by molar-refractivity contribution is 8.15. The molecule has 1 aliphatic heterocycles. The zero-order valence-corrected chi connectivity index (χ0v) is 14.2. The van der Waals surface area contributed by atoms with Crippen LogP contribution in [0.25, 0.3) is 0 Å². The molecule has 0 aliphatic carbocycles. The maximum absolute atomic E-state index is 12.0. The number of thioether (sulfide) groups is 1. The van der Waals surface area contributed by atoms with Crippen LogP contribution in [-0.2, 0) is 4.79 Å². The van der Waals surface area contributed by atoms with E-state index in [9.17, 15) is 14.9 Å². The summed E-state index contributed by atoms with van der Waals surface area (Å²) in [6.07, 6.45) is 0.785. The fourth-order valence-corrected chi connectivity index (χ4v) is 3.46. The Labute approximate surface area is 141 Å². The number of hydrogen-bond acceptors (Lipinski definition) is 5. The van der Waals surface area contributed by atoms with Crippen LogP contribution >= 0.6 is 35.0 Å². The first-order valence-electron chi connectivity index (χ1n) is 6.52. The Balaban J connectivity index is 2.44. The van der Waals surface area contributed by atoms with Gasteiger partial charge in [-0.05, 0) is 13.3 Å². The van der Waals surface area contributed by atoms with Gasteiger partial charge in [0.25, 0.3) is 5.69 Å². The van der Waals surface area contributed by atoms with Crippen LogP contribution < -0.4 is 0 Å². The van der Waals surface area contributed by atoms with Gasteiger partial charge in [0.2, 0.25) is 5.91 Å². The Kier molecular flexibility index (Phi) is 5.31. The van der Waals surface area contributed by atoms with Crippen LogP contribution in [0.1, 0.15) is 20.3 Å². The smallest absolute Gasteiger partial charge is 0.272 e. The summed E-state index contributed by atoms with van der Waals surface area (Å²) in [5.41, 5.74) is 0.0346. The van der Waals surface area contributed by atoms with Gasteiger partial charge in [-0.25, -0.2) is 4.99 Å². The number of halogens is 2. The summed E-state index contributed by atoms with van der Waals surface area (Å²) < 4.78 is 0. The second-order valence-corrected chi connectivity index (χ2v) is 6.48. The highest BCUT2D eigenvalue weighted by atomic mass is 35.5. The van der Waals surface area contributed by atoms with E-state index in [4.69, 9.17) is 23.2 Å². The van der Waals surface area contributed by atoms with Gasteiger partial charge in [-0.2, -0.15) is 0 Å². The van der Waals surface area contributed by atoms with E-state index in [0.29, 0.717) is 10.9 Å². The molecule has 2 rings (SSSR count). The van der Waals surface area contributed by atoms with E-state index in [1.165, 1.54) is 23.9 Å². The second-order valence-electron chi connectivity index (χ2n) is 4.72. The van der Waals surface area contributed by atoms with Crippen LogP contribution in [-0.4, -0.2) is 32.7 Å². The minimum absolute atomic E-state index is 0.0110. The maximum atomic E-state index is 12.0. The molecule has 1 amide bonds. The lowest BCUT2D eigenvalue weighted by molar-refractivity contribution is -0.384. The number of benzene rings is 1. The quantitative estimate of drug-likeness (QED) is 0.592. The molecule has 6 nitrogen and oxygen atoms in total. The van der Waals surface area contributed by atoms with Crippen molar-refractivity contribution in [1.82, 2.24) is 4.90 Å². The molecule has 0 spiro atoms. The molecule has 9 heteroatoms. The van der Waals surface area contributed by atoms with E-state index >= 15 is 0 Å². The summed E-state index contributed by atoms with van der Waals surface area (Å²) in [7, 11) is 0. The number of hydrogen-bond donors (Lipinski definition) is 0. The Bertz CT molecular complexity index is 643. The molecule has 1 aromatic rings. The summed E-state index contributed by atoms with van der Waals surface area (Å²) in [6, 6.07) is 2.40. The fraction of sp³-hybridized carbons (Fsp3) is 0.385. The third kappa shape index (κ3) is 3.37. The molecule has 1 saturated heterocycles. The van der Waals surface area contributed by atoms with Crippen molar-refractivity contribution < 1.29 is 9.72 Å². The first-order chi connectivity index (χ1) is 10.3. The highest BCUT2D eigenvalue weighted by Crippen LogP contribution is 2.38. The SMILES string of the molecule is CCC(C)N1C(=O)CSC1=Nc1c(Cl)cc([N+](=O)[O-])cc1Cl. The number of nitro benzene ring substituents is 1. The van der Waals surface area contributed by atoms with Gasteiger partial charge < -0.3 is 0 Å². The van der Waals surface area contributed by atoms with Crippen molar-refractivity contribution in [3.8, 4) is 0 Å². The molecule has 1 atom stereocenters. The first kappa shape index (κ1) is 17.1. The van der Waals surface area contributed by atoms with Crippen molar-refractivity contribution in [3.63, 3.8) is 0 Å². The van der Waals surface area contributed by atoms with Crippen molar-refractivity contribution >= 4 is 57.4 Å². The molecular formula is C13H13Cl2N3O3S. The number of carbonyl (C=O) groups is 1. The molecule has 1 fully saturated rings. The predicted octanol–water partition coefficient (Wildman–Crippen LogP) is 4.26. The fourth-order valence-electron chi connectivity index (χ4n) is 1.94. The van der Waals surface area contributed by atoms with E-state index < -0.39 is 4.92 Å². The molecular weight excluding hydrogens is 349 g/mol. The van der Waals surface area contributed by atoms with Gasteiger partial charge in [-0.1, -0.05) is 41.9 Å². The van der Waals surface area contributed by atoms with Crippen LogP contribution in [0.3, 0.4) is 0 Å². The lowest BCUT2D eigenvalue weighted by Gasteiger charge is -2.22. The number of nitro groups is 1. The van der Waals surface area contributed by atoms with Gasteiger partial charge in [-0.15, -0.1) is 0 Å². The average Bonchev–Trinajstić information content (AvgIpc) is 2.82. The minimum atomic E-state index is -0.575. The van der Waals surface area contributed by atoms with Gasteiger partial charge in [-0.3, -0.25) is 19.8 Å². The lowest BCUT2D eigenvalue weighted by Crippen LogP contribution is -2.37. The van der Waals surface area contributed by atoms with E-state index in [-0.39, 0.29) is 33.4 Å². The van der Waals surface area contributed by atoms with Gasteiger partial charge >= 0.3 is 0 Å². The number of amidine groups is 1. The maximum Gasteiger partial charge on any atom is 0.272 e. The number of aliphatic imine (C=N–C) groups is 1. The van der Waals surface area contributed by atoms with Gasteiger partial charge in [0.1, 0.15) is 5.69 Å². The van der Waals surface area contributed by atoms with Gasteiger partial charge in [0, 0.05) is 18.2 Å². The summed E-state index contributed by atoms with van der Waals surface area (Å²) >= 11 is 13.4. The van der Waals surface area contributed by atoms with Gasteiger partial charge in [0.15, 0.2) is 5.17 Å². The van der Waals surface area contributed by atoms with Crippen molar-refractivity contribution in [3.05, 3.63) is 32.3 Å². The molecule has 1 unspecified atom stereocenters. The molecule has 0 saturated carbocycles. The average molecular weight is 362 g/mol. The summed E-state index contributed by atoms with van der Waals surface area (Å²) in [5, 5.41) is 11.4. The Morgan fingerprint density at radius 1 is 1.45 bits per heavy atom. The van der Waals surface area contributed by atoms with Gasteiger partial charge in [0.05, 0.1) is 20.7 Å². The van der Waals surface area contributed by atoms with Crippen molar-refractivity contribution in [2.24, 2.45) is 4.99 Å². The standard InChI is InChI=1S/C13H13Cl2N3O3S/c1-3-7(2)17-11(19)6-22-13(17)16-12-9(14)4-8(18(20)21)5-10(12)15/h4-5,7H,3,6H2,1-2H3.